The summed E-state index contributed by atoms with van der Waals surface area (Å²) >= 11 is 0. The molecule has 2 rings (SSSR count). The molecular formula is C13H18F3N3O4. The van der Waals surface area contributed by atoms with Crippen LogP contribution in [0.5, 0.6) is 0 Å². The maximum atomic E-state index is 11.6. The van der Waals surface area contributed by atoms with Crippen molar-refractivity contribution in [2.75, 3.05) is 13.7 Å². The number of hydrogen-bond acceptors (Lipinski definition) is 4. The summed E-state index contributed by atoms with van der Waals surface area (Å²) in [6.07, 6.45) is -0.872. The van der Waals surface area contributed by atoms with Gasteiger partial charge in [-0.25, -0.2) is 14.6 Å². The van der Waals surface area contributed by atoms with Gasteiger partial charge >= 0.3 is 18.2 Å². The minimum absolute atomic E-state index is 0.0625. The monoisotopic (exact) mass is 337 g/mol. The molecule has 1 atom stereocenters. The molecule has 10 heteroatoms. The maximum absolute atomic E-state index is 11.6. The number of halogens is 3. The number of carboxylic acids is 1. The number of nitrogens with one attached hydrogen (secondary N) is 1. The van der Waals surface area contributed by atoms with Crippen molar-refractivity contribution in [3.63, 3.8) is 0 Å². The van der Waals surface area contributed by atoms with Crippen molar-refractivity contribution in [3.8, 4) is 0 Å². The van der Waals surface area contributed by atoms with Crippen LogP contribution in [0, 0.1) is 0 Å². The van der Waals surface area contributed by atoms with Crippen LogP contribution < -0.4 is 0 Å². The number of H-pyrrole nitrogens is 1. The van der Waals surface area contributed by atoms with Crippen LogP contribution in [0.4, 0.5) is 18.0 Å². The lowest BCUT2D eigenvalue weighted by molar-refractivity contribution is -0.192. The standard InChI is InChI=1S/C11H17N3O2.C2HF3O2/c1-3-4-9-10-8(12-7-13-10)5-6-14(9)11(15)16-2;3-2(4,5)1(6)7/h7,9H,3-6H2,1-2H3,(H,12,13);(H,6,7). The lowest BCUT2D eigenvalue weighted by atomic mass is 9.99. The molecule has 7 nitrogen and oxygen atoms in total. The van der Waals surface area contributed by atoms with Gasteiger partial charge in [-0.15, -0.1) is 0 Å². The van der Waals surface area contributed by atoms with Crippen molar-refractivity contribution >= 4 is 12.1 Å². The first-order valence-corrected chi connectivity index (χ1v) is 6.89. The fourth-order valence-electron chi connectivity index (χ4n) is 2.26. The van der Waals surface area contributed by atoms with Crippen molar-refractivity contribution in [3.05, 3.63) is 17.7 Å². The number of carboxylic acid groups (broad SMARTS) is 1. The van der Waals surface area contributed by atoms with E-state index in [0.717, 1.165) is 30.7 Å². The number of fused-ring (bicyclic) bond motifs is 1. The van der Waals surface area contributed by atoms with Crippen LogP contribution in [0.3, 0.4) is 0 Å². The Balaban J connectivity index is 0.000000322. The van der Waals surface area contributed by atoms with E-state index in [1.807, 2.05) is 0 Å². The third-order valence-corrected chi connectivity index (χ3v) is 3.26. The molecule has 0 bridgehead atoms. The van der Waals surface area contributed by atoms with Crippen LogP contribution in [0.15, 0.2) is 6.33 Å². The van der Waals surface area contributed by atoms with Gasteiger partial charge in [0.25, 0.3) is 0 Å². The summed E-state index contributed by atoms with van der Waals surface area (Å²) in [4.78, 5) is 29.8. The predicted molar refractivity (Wildman–Crippen MR) is 72.7 cm³/mol. The van der Waals surface area contributed by atoms with E-state index in [0.29, 0.717) is 6.54 Å². The average Bonchev–Trinajstić information content (AvgIpc) is 2.95. The van der Waals surface area contributed by atoms with Gasteiger partial charge in [-0.2, -0.15) is 13.2 Å². The van der Waals surface area contributed by atoms with Crippen LogP contribution in [0.25, 0.3) is 0 Å². The summed E-state index contributed by atoms with van der Waals surface area (Å²) in [6, 6.07) is 0.0625. The second-order valence-corrected chi connectivity index (χ2v) is 4.79. The van der Waals surface area contributed by atoms with Gasteiger partial charge in [0.1, 0.15) is 0 Å². The molecule has 2 N–H and O–H groups in total. The highest BCUT2D eigenvalue weighted by Gasteiger charge is 2.38. The molecule has 23 heavy (non-hydrogen) atoms. The van der Waals surface area contributed by atoms with Gasteiger partial charge in [0, 0.05) is 18.7 Å². The van der Waals surface area contributed by atoms with E-state index in [2.05, 4.69) is 16.9 Å². The first-order valence-electron chi connectivity index (χ1n) is 6.89. The van der Waals surface area contributed by atoms with Crippen LogP contribution in [-0.2, 0) is 16.0 Å². The number of methoxy groups -OCH3 is 1. The molecule has 1 unspecified atom stereocenters. The number of carbonyl (C=O) groups is 2. The Hall–Kier alpha value is -2.26. The molecule has 0 saturated carbocycles. The molecule has 130 valence electrons. The molecule has 1 aromatic heterocycles. The molecule has 1 amide bonds. The zero-order chi connectivity index (χ0) is 17.6. The Labute approximate surface area is 130 Å². The Kier molecular flexibility index (Phi) is 6.40. The minimum atomic E-state index is -5.08. The molecule has 0 fully saturated rings. The van der Waals surface area contributed by atoms with Crippen LogP contribution in [-0.4, -0.2) is 51.9 Å². The van der Waals surface area contributed by atoms with Gasteiger partial charge in [-0.1, -0.05) is 13.3 Å². The second kappa shape index (κ2) is 7.84. The van der Waals surface area contributed by atoms with Crippen LogP contribution in [0.2, 0.25) is 0 Å². The number of aromatic nitrogens is 2. The van der Waals surface area contributed by atoms with E-state index < -0.39 is 12.1 Å². The molecule has 1 aliphatic rings. The summed E-state index contributed by atoms with van der Waals surface area (Å²) in [5, 5.41) is 7.12. The predicted octanol–water partition coefficient (Wildman–Crippen LogP) is 2.51. The minimum Gasteiger partial charge on any atom is -0.475 e. The van der Waals surface area contributed by atoms with Gasteiger partial charge in [-0.05, 0) is 6.42 Å². The number of nitrogens with zero attached hydrogens (tertiary/aromatic N) is 2. The van der Waals surface area contributed by atoms with E-state index in [1.54, 1.807) is 11.2 Å². The van der Waals surface area contributed by atoms with Crippen LogP contribution in [0.1, 0.15) is 37.2 Å². The summed E-state index contributed by atoms with van der Waals surface area (Å²) < 4.78 is 36.5. The maximum Gasteiger partial charge on any atom is 0.490 e. The van der Waals surface area contributed by atoms with Crippen molar-refractivity contribution in [1.29, 1.82) is 0 Å². The SMILES string of the molecule is CCCC1c2nc[nH]c2CCN1C(=O)OC.O=C(O)C(F)(F)F. The topological polar surface area (TPSA) is 95.5 Å². The van der Waals surface area contributed by atoms with Crippen LogP contribution >= 0.6 is 0 Å². The Morgan fingerprint density at radius 3 is 2.61 bits per heavy atom. The molecule has 0 spiro atoms. The van der Waals surface area contributed by atoms with Gasteiger partial charge in [0.05, 0.1) is 25.2 Å². The Bertz CT molecular complexity index is 545. The number of alkyl halides is 3. The highest BCUT2D eigenvalue weighted by atomic mass is 19.4. The zero-order valence-corrected chi connectivity index (χ0v) is 12.7. The quantitative estimate of drug-likeness (QED) is 0.864. The van der Waals surface area contributed by atoms with Crippen molar-refractivity contribution < 1.29 is 32.6 Å². The lowest BCUT2D eigenvalue weighted by Crippen LogP contribution is -2.40. The van der Waals surface area contributed by atoms with E-state index in [1.165, 1.54) is 7.11 Å². The number of carbonyl (C=O) groups excluding carboxylic acids is 1. The van der Waals surface area contributed by atoms with Gasteiger partial charge in [0.15, 0.2) is 0 Å². The van der Waals surface area contributed by atoms with E-state index >= 15 is 0 Å². The average molecular weight is 337 g/mol. The summed E-state index contributed by atoms with van der Waals surface area (Å²) in [5.41, 5.74) is 2.15. The van der Waals surface area contributed by atoms with E-state index in [-0.39, 0.29) is 12.1 Å². The van der Waals surface area contributed by atoms with E-state index in [9.17, 15) is 18.0 Å². The summed E-state index contributed by atoms with van der Waals surface area (Å²) in [6.45, 7) is 2.81. The first kappa shape index (κ1) is 18.8. The van der Waals surface area contributed by atoms with Crippen molar-refractivity contribution in [1.82, 2.24) is 14.9 Å². The molecule has 1 aliphatic heterocycles. The molecule has 0 aromatic carbocycles. The highest BCUT2D eigenvalue weighted by Crippen LogP contribution is 2.31. The first-order chi connectivity index (χ1) is 10.7. The Morgan fingerprint density at radius 1 is 1.52 bits per heavy atom. The highest BCUT2D eigenvalue weighted by molar-refractivity contribution is 5.73. The third kappa shape index (κ3) is 4.86. The fraction of sp³-hybridized carbons (Fsp3) is 0.615. The van der Waals surface area contributed by atoms with Gasteiger partial charge in [0.2, 0.25) is 0 Å². The Morgan fingerprint density at radius 2 is 2.13 bits per heavy atom. The van der Waals surface area contributed by atoms with Gasteiger partial charge < -0.3 is 14.8 Å². The number of ether oxygens (including phenoxy) is 1. The molecule has 0 aliphatic carbocycles. The third-order valence-electron chi connectivity index (χ3n) is 3.26. The fourth-order valence-corrected chi connectivity index (χ4v) is 2.26. The number of hydrogen-bond donors (Lipinski definition) is 2. The summed E-state index contributed by atoms with van der Waals surface area (Å²) in [5.74, 6) is -2.76. The lowest BCUT2D eigenvalue weighted by Gasteiger charge is -2.33. The number of imidazole rings is 1. The second-order valence-electron chi connectivity index (χ2n) is 4.79. The number of amides is 1. The number of aromatic amines is 1. The molecule has 1 aromatic rings. The normalized spacial score (nSPS) is 16.9. The smallest absolute Gasteiger partial charge is 0.475 e. The number of aliphatic carboxylic acids is 1. The largest absolute Gasteiger partial charge is 0.490 e. The molecule has 2 heterocycles. The van der Waals surface area contributed by atoms with Gasteiger partial charge in [-0.3, -0.25) is 4.90 Å². The number of rotatable bonds is 2. The zero-order valence-electron chi connectivity index (χ0n) is 12.7. The summed E-state index contributed by atoms with van der Waals surface area (Å²) in [7, 11) is 1.42. The molecule has 0 radical (unpaired) electrons. The van der Waals surface area contributed by atoms with E-state index in [4.69, 9.17) is 14.6 Å². The molecule has 0 saturated heterocycles. The van der Waals surface area contributed by atoms with Crippen molar-refractivity contribution in [2.45, 2.75) is 38.4 Å². The van der Waals surface area contributed by atoms with Crippen molar-refractivity contribution in [2.24, 2.45) is 0 Å². The molecular weight excluding hydrogens is 319 g/mol.